The summed E-state index contributed by atoms with van der Waals surface area (Å²) in [4.78, 5) is 2.02. The zero-order chi connectivity index (χ0) is 12.0. The standard InChI is InChI=1S/C12H19FN2O/c1-15(6-7-16-2)9-11-5-3-4-10(8-14)12(11)13/h3-5H,6-9,14H2,1-2H3. The molecule has 1 aromatic rings. The maximum absolute atomic E-state index is 13.8. The number of methoxy groups -OCH3 is 1. The van der Waals surface area contributed by atoms with Crippen molar-refractivity contribution in [3.05, 3.63) is 35.1 Å². The van der Waals surface area contributed by atoms with Gasteiger partial charge in [-0.3, -0.25) is 4.90 Å². The second-order valence-electron chi connectivity index (χ2n) is 3.82. The fourth-order valence-corrected chi connectivity index (χ4v) is 1.53. The van der Waals surface area contributed by atoms with Gasteiger partial charge in [-0.05, 0) is 7.05 Å². The van der Waals surface area contributed by atoms with E-state index in [2.05, 4.69) is 0 Å². The summed E-state index contributed by atoms with van der Waals surface area (Å²) in [5.74, 6) is -0.186. The predicted molar refractivity (Wildman–Crippen MR) is 62.5 cm³/mol. The molecule has 0 amide bonds. The lowest BCUT2D eigenvalue weighted by atomic mass is 10.1. The average Bonchev–Trinajstić information content (AvgIpc) is 2.29. The monoisotopic (exact) mass is 226 g/mol. The summed E-state index contributed by atoms with van der Waals surface area (Å²) in [7, 11) is 3.59. The lowest BCUT2D eigenvalue weighted by Gasteiger charge is -2.17. The van der Waals surface area contributed by atoms with Crippen molar-refractivity contribution >= 4 is 0 Å². The summed E-state index contributed by atoms with van der Waals surface area (Å²) in [5, 5.41) is 0. The zero-order valence-corrected chi connectivity index (χ0v) is 9.87. The van der Waals surface area contributed by atoms with Crippen molar-refractivity contribution in [2.24, 2.45) is 5.73 Å². The number of hydrogen-bond acceptors (Lipinski definition) is 3. The molecule has 16 heavy (non-hydrogen) atoms. The highest BCUT2D eigenvalue weighted by molar-refractivity contribution is 5.25. The molecule has 0 spiro atoms. The molecule has 0 aliphatic carbocycles. The zero-order valence-electron chi connectivity index (χ0n) is 9.87. The molecule has 0 fully saturated rings. The number of rotatable bonds is 6. The molecule has 0 radical (unpaired) electrons. The summed E-state index contributed by atoms with van der Waals surface area (Å²) in [5.41, 5.74) is 6.71. The van der Waals surface area contributed by atoms with E-state index in [4.69, 9.17) is 10.5 Å². The van der Waals surface area contributed by atoms with Gasteiger partial charge in [0.25, 0.3) is 0 Å². The smallest absolute Gasteiger partial charge is 0.132 e. The van der Waals surface area contributed by atoms with Crippen LogP contribution in [0.3, 0.4) is 0 Å². The number of nitrogens with two attached hydrogens (primary N) is 1. The number of likely N-dealkylation sites (N-methyl/N-ethyl adjacent to an activating group) is 1. The molecule has 2 N–H and O–H groups in total. The van der Waals surface area contributed by atoms with Crippen LogP contribution in [0.2, 0.25) is 0 Å². The third-order valence-electron chi connectivity index (χ3n) is 2.50. The van der Waals surface area contributed by atoms with Gasteiger partial charge in [-0.25, -0.2) is 4.39 Å². The van der Waals surface area contributed by atoms with Crippen molar-refractivity contribution in [3.63, 3.8) is 0 Å². The van der Waals surface area contributed by atoms with E-state index in [9.17, 15) is 4.39 Å². The largest absolute Gasteiger partial charge is 0.383 e. The molecular weight excluding hydrogens is 207 g/mol. The molecule has 0 heterocycles. The second-order valence-corrected chi connectivity index (χ2v) is 3.82. The summed E-state index contributed by atoms with van der Waals surface area (Å²) in [6.45, 7) is 2.24. The van der Waals surface area contributed by atoms with Crippen molar-refractivity contribution in [2.75, 3.05) is 27.3 Å². The summed E-state index contributed by atoms with van der Waals surface area (Å²) >= 11 is 0. The molecule has 0 bridgehead atoms. The average molecular weight is 226 g/mol. The molecule has 0 atom stereocenters. The number of halogens is 1. The van der Waals surface area contributed by atoms with Crippen LogP contribution in [0.25, 0.3) is 0 Å². The van der Waals surface area contributed by atoms with Crippen LogP contribution in [0.1, 0.15) is 11.1 Å². The maximum Gasteiger partial charge on any atom is 0.132 e. The first-order valence-electron chi connectivity index (χ1n) is 5.32. The van der Waals surface area contributed by atoms with Crippen molar-refractivity contribution < 1.29 is 9.13 Å². The van der Waals surface area contributed by atoms with Crippen LogP contribution < -0.4 is 5.73 Å². The Hall–Kier alpha value is -0.970. The fourth-order valence-electron chi connectivity index (χ4n) is 1.53. The number of benzene rings is 1. The highest BCUT2D eigenvalue weighted by Gasteiger charge is 2.08. The first-order chi connectivity index (χ1) is 7.69. The van der Waals surface area contributed by atoms with E-state index in [0.717, 1.165) is 6.54 Å². The first kappa shape index (κ1) is 13.1. The topological polar surface area (TPSA) is 38.5 Å². The Balaban J connectivity index is 2.66. The molecule has 90 valence electrons. The minimum atomic E-state index is -0.186. The molecule has 0 aliphatic rings. The second kappa shape index (κ2) is 6.58. The van der Waals surface area contributed by atoms with Crippen LogP contribution in [-0.4, -0.2) is 32.2 Å². The minimum absolute atomic E-state index is 0.186. The molecular formula is C12H19FN2O. The van der Waals surface area contributed by atoms with E-state index >= 15 is 0 Å². The minimum Gasteiger partial charge on any atom is -0.383 e. The lowest BCUT2D eigenvalue weighted by molar-refractivity contribution is 0.158. The van der Waals surface area contributed by atoms with Gasteiger partial charge in [-0.15, -0.1) is 0 Å². The normalized spacial score (nSPS) is 11.1. The maximum atomic E-state index is 13.8. The van der Waals surface area contributed by atoms with Crippen LogP contribution in [0.5, 0.6) is 0 Å². The molecule has 0 saturated heterocycles. The van der Waals surface area contributed by atoms with Gasteiger partial charge < -0.3 is 10.5 Å². The van der Waals surface area contributed by atoms with Gasteiger partial charge in [0.15, 0.2) is 0 Å². The van der Waals surface area contributed by atoms with Crippen LogP contribution in [0.4, 0.5) is 4.39 Å². The Morgan fingerprint density at radius 3 is 2.69 bits per heavy atom. The Morgan fingerprint density at radius 1 is 1.38 bits per heavy atom. The quantitative estimate of drug-likeness (QED) is 0.796. The van der Waals surface area contributed by atoms with Crippen molar-refractivity contribution in [1.29, 1.82) is 0 Å². The van der Waals surface area contributed by atoms with Gasteiger partial charge in [0.05, 0.1) is 6.61 Å². The number of nitrogens with zero attached hydrogens (tertiary/aromatic N) is 1. The summed E-state index contributed by atoms with van der Waals surface area (Å²) < 4.78 is 18.8. The summed E-state index contributed by atoms with van der Waals surface area (Å²) in [6, 6.07) is 5.34. The van der Waals surface area contributed by atoms with Gasteiger partial charge in [0.2, 0.25) is 0 Å². The highest BCUT2D eigenvalue weighted by Crippen LogP contribution is 2.13. The first-order valence-corrected chi connectivity index (χ1v) is 5.32. The van der Waals surface area contributed by atoms with Gasteiger partial charge in [-0.2, -0.15) is 0 Å². The Kier molecular flexibility index (Phi) is 5.38. The molecule has 0 unspecified atom stereocenters. The summed E-state index contributed by atoms with van der Waals surface area (Å²) in [6.07, 6.45) is 0. The van der Waals surface area contributed by atoms with Crippen molar-refractivity contribution in [1.82, 2.24) is 4.90 Å². The predicted octanol–water partition coefficient (Wildman–Crippen LogP) is 1.36. The van der Waals surface area contributed by atoms with E-state index < -0.39 is 0 Å². The van der Waals surface area contributed by atoms with Crippen molar-refractivity contribution in [2.45, 2.75) is 13.1 Å². The SMILES string of the molecule is COCCN(C)Cc1cccc(CN)c1F. The van der Waals surface area contributed by atoms with Crippen LogP contribution in [0.15, 0.2) is 18.2 Å². The van der Waals surface area contributed by atoms with Gasteiger partial charge in [0, 0.05) is 37.9 Å². The van der Waals surface area contributed by atoms with E-state index in [1.54, 1.807) is 19.2 Å². The van der Waals surface area contributed by atoms with E-state index in [0.29, 0.717) is 24.3 Å². The van der Waals surface area contributed by atoms with Gasteiger partial charge in [-0.1, -0.05) is 18.2 Å². The van der Waals surface area contributed by atoms with E-state index in [1.165, 1.54) is 0 Å². The van der Waals surface area contributed by atoms with Crippen molar-refractivity contribution in [3.8, 4) is 0 Å². The Labute approximate surface area is 96.0 Å². The molecule has 0 aromatic heterocycles. The molecule has 1 aromatic carbocycles. The Bertz CT molecular complexity index is 331. The molecule has 3 nitrogen and oxygen atoms in total. The van der Waals surface area contributed by atoms with Gasteiger partial charge >= 0.3 is 0 Å². The lowest BCUT2D eigenvalue weighted by Crippen LogP contribution is -2.23. The highest BCUT2D eigenvalue weighted by atomic mass is 19.1. The van der Waals surface area contributed by atoms with Crippen LogP contribution >= 0.6 is 0 Å². The molecule has 4 heteroatoms. The van der Waals surface area contributed by atoms with Gasteiger partial charge in [0.1, 0.15) is 5.82 Å². The fraction of sp³-hybridized carbons (Fsp3) is 0.500. The van der Waals surface area contributed by atoms with E-state index in [1.807, 2.05) is 18.0 Å². The Morgan fingerprint density at radius 2 is 2.06 bits per heavy atom. The molecule has 1 rings (SSSR count). The van der Waals surface area contributed by atoms with Crippen LogP contribution in [0, 0.1) is 5.82 Å². The molecule has 0 aliphatic heterocycles. The van der Waals surface area contributed by atoms with Crippen LogP contribution in [-0.2, 0) is 17.8 Å². The third-order valence-corrected chi connectivity index (χ3v) is 2.50. The molecule has 0 saturated carbocycles. The third kappa shape index (κ3) is 3.56. The van der Waals surface area contributed by atoms with E-state index in [-0.39, 0.29) is 12.4 Å². The number of hydrogen-bond donors (Lipinski definition) is 1. The number of ether oxygens (including phenoxy) is 1.